The highest BCUT2D eigenvalue weighted by Gasteiger charge is 2.37. The number of rotatable bonds is 7. The first-order valence-electron chi connectivity index (χ1n) is 6.34. The summed E-state index contributed by atoms with van der Waals surface area (Å²) in [5.74, 6) is -1.51. The van der Waals surface area contributed by atoms with Crippen LogP contribution < -0.4 is 0 Å². The molecule has 0 aliphatic carbocycles. The Kier molecular flexibility index (Phi) is 5.70. The van der Waals surface area contributed by atoms with Crippen molar-refractivity contribution in [1.82, 2.24) is 0 Å². The predicted octanol–water partition coefficient (Wildman–Crippen LogP) is 2.25. The second-order valence-corrected chi connectivity index (χ2v) is 5.28. The van der Waals surface area contributed by atoms with Crippen LogP contribution in [0.15, 0.2) is 30.3 Å². The Morgan fingerprint density at radius 1 is 1.25 bits per heavy atom. The number of carboxylic acids is 1. The minimum atomic E-state index is -1.07. The maximum absolute atomic E-state index is 11.3. The van der Waals surface area contributed by atoms with Gasteiger partial charge in [-0.2, -0.15) is 0 Å². The van der Waals surface area contributed by atoms with Gasteiger partial charge in [0.05, 0.1) is 13.2 Å². The molecule has 20 heavy (non-hydrogen) atoms. The summed E-state index contributed by atoms with van der Waals surface area (Å²) < 4.78 is 10.4. The lowest BCUT2D eigenvalue weighted by atomic mass is 9.87. The quantitative estimate of drug-likeness (QED) is 0.775. The molecule has 1 aromatic carbocycles. The standard InChI is InChI=1S/C15H20O5/c1-11(16)20-10-15(2,3)13(14(17)18)19-9-12-7-5-4-6-8-12/h4-8,13H,9-10H2,1-3H3,(H,17,18)/t13-/m1/s1. The van der Waals surface area contributed by atoms with Crippen LogP contribution >= 0.6 is 0 Å². The molecule has 0 fully saturated rings. The molecule has 0 amide bonds. The van der Waals surface area contributed by atoms with Gasteiger partial charge in [-0.05, 0) is 5.56 Å². The first-order chi connectivity index (χ1) is 9.33. The summed E-state index contributed by atoms with van der Waals surface area (Å²) in [7, 11) is 0. The van der Waals surface area contributed by atoms with E-state index in [0.717, 1.165) is 5.56 Å². The van der Waals surface area contributed by atoms with E-state index in [1.165, 1.54) is 6.92 Å². The Balaban J connectivity index is 2.68. The largest absolute Gasteiger partial charge is 0.479 e. The van der Waals surface area contributed by atoms with Gasteiger partial charge in [-0.25, -0.2) is 4.79 Å². The van der Waals surface area contributed by atoms with Crippen molar-refractivity contribution in [2.45, 2.75) is 33.5 Å². The fraction of sp³-hybridized carbons (Fsp3) is 0.467. The highest BCUT2D eigenvalue weighted by atomic mass is 16.5. The normalized spacial score (nSPS) is 12.8. The maximum atomic E-state index is 11.3. The van der Waals surface area contributed by atoms with Crippen LogP contribution in [0.1, 0.15) is 26.3 Å². The smallest absolute Gasteiger partial charge is 0.333 e. The van der Waals surface area contributed by atoms with Gasteiger partial charge in [0, 0.05) is 12.3 Å². The van der Waals surface area contributed by atoms with Crippen LogP contribution in [-0.2, 0) is 25.7 Å². The first kappa shape index (κ1) is 16.2. The lowest BCUT2D eigenvalue weighted by Gasteiger charge is -2.30. The summed E-state index contributed by atoms with van der Waals surface area (Å²) in [5, 5.41) is 9.29. The van der Waals surface area contributed by atoms with E-state index in [1.807, 2.05) is 30.3 Å². The zero-order valence-electron chi connectivity index (χ0n) is 12.0. The molecule has 1 N–H and O–H groups in total. The fourth-order valence-corrected chi connectivity index (χ4v) is 1.75. The average Bonchev–Trinajstić information content (AvgIpc) is 2.37. The van der Waals surface area contributed by atoms with Crippen LogP contribution in [0.5, 0.6) is 0 Å². The fourth-order valence-electron chi connectivity index (χ4n) is 1.75. The molecule has 5 heteroatoms. The van der Waals surface area contributed by atoms with Crippen LogP contribution in [-0.4, -0.2) is 29.8 Å². The van der Waals surface area contributed by atoms with E-state index in [9.17, 15) is 14.7 Å². The number of hydrogen-bond acceptors (Lipinski definition) is 4. The highest BCUT2D eigenvalue weighted by Crippen LogP contribution is 2.25. The van der Waals surface area contributed by atoms with Crippen LogP contribution in [0.25, 0.3) is 0 Å². The Morgan fingerprint density at radius 2 is 1.85 bits per heavy atom. The molecule has 0 bridgehead atoms. The molecule has 0 aromatic heterocycles. The summed E-state index contributed by atoms with van der Waals surface area (Å²) in [6.07, 6.45) is -1.05. The van der Waals surface area contributed by atoms with Crippen molar-refractivity contribution in [2.24, 2.45) is 5.41 Å². The van der Waals surface area contributed by atoms with Crippen molar-refractivity contribution in [2.75, 3.05) is 6.61 Å². The van der Waals surface area contributed by atoms with Crippen molar-refractivity contribution >= 4 is 11.9 Å². The maximum Gasteiger partial charge on any atom is 0.333 e. The second kappa shape index (κ2) is 7.05. The van der Waals surface area contributed by atoms with Crippen molar-refractivity contribution in [3.05, 3.63) is 35.9 Å². The van der Waals surface area contributed by atoms with Gasteiger partial charge in [0.25, 0.3) is 0 Å². The Morgan fingerprint density at radius 3 is 2.35 bits per heavy atom. The van der Waals surface area contributed by atoms with Gasteiger partial charge in [0.1, 0.15) is 0 Å². The monoisotopic (exact) mass is 280 g/mol. The number of esters is 1. The molecule has 1 rings (SSSR count). The van der Waals surface area contributed by atoms with Crippen LogP contribution in [0.4, 0.5) is 0 Å². The number of carbonyl (C=O) groups excluding carboxylic acids is 1. The number of benzene rings is 1. The van der Waals surface area contributed by atoms with E-state index in [-0.39, 0.29) is 13.2 Å². The topological polar surface area (TPSA) is 72.8 Å². The Hall–Kier alpha value is -1.88. The summed E-state index contributed by atoms with van der Waals surface area (Å²) in [5.41, 5.74) is 0.0776. The number of carboxylic acid groups (broad SMARTS) is 1. The molecule has 110 valence electrons. The van der Waals surface area contributed by atoms with Crippen LogP contribution in [0, 0.1) is 5.41 Å². The predicted molar refractivity (Wildman–Crippen MR) is 73.1 cm³/mol. The van der Waals surface area contributed by atoms with Crippen LogP contribution in [0.3, 0.4) is 0 Å². The van der Waals surface area contributed by atoms with Gasteiger partial charge in [0.2, 0.25) is 0 Å². The number of aliphatic carboxylic acids is 1. The molecule has 0 spiro atoms. The van der Waals surface area contributed by atoms with E-state index < -0.39 is 23.5 Å². The first-order valence-corrected chi connectivity index (χ1v) is 6.34. The third-order valence-electron chi connectivity index (χ3n) is 2.84. The number of ether oxygens (including phenoxy) is 2. The SMILES string of the molecule is CC(=O)OCC(C)(C)[C@H](OCc1ccccc1)C(=O)O. The number of carbonyl (C=O) groups is 2. The van der Waals surface area contributed by atoms with Crippen molar-refractivity contribution in [1.29, 1.82) is 0 Å². The molecule has 5 nitrogen and oxygen atoms in total. The summed E-state index contributed by atoms with van der Waals surface area (Å²) in [6.45, 7) is 4.87. The number of hydrogen-bond donors (Lipinski definition) is 1. The lowest BCUT2D eigenvalue weighted by molar-refractivity contribution is -0.168. The van der Waals surface area contributed by atoms with E-state index in [1.54, 1.807) is 13.8 Å². The Bertz CT molecular complexity index is 453. The molecule has 0 unspecified atom stereocenters. The molecule has 0 heterocycles. The van der Waals surface area contributed by atoms with Gasteiger partial charge in [-0.1, -0.05) is 44.2 Å². The van der Waals surface area contributed by atoms with Crippen LogP contribution in [0.2, 0.25) is 0 Å². The molecule has 1 aromatic rings. The minimum Gasteiger partial charge on any atom is -0.479 e. The van der Waals surface area contributed by atoms with E-state index >= 15 is 0 Å². The molecular weight excluding hydrogens is 260 g/mol. The molecule has 1 atom stereocenters. The third-order valence-corrected chi connectivity index (χ3v) is 2.84. The summed E-state index contributed by atoms with van der Waals surface area (Å²) in [4.78, 5) is 22.2. The molecule has 0 saturated carbocycles. The van der Waals surface area contributed by atoms with Gasteiger partial charge < -0.3 is 14.6 Å². The third kappa shape index (κ3) is 5.01. The summed E-state index contributed by atoms with van der Waals surface area (Å²) >= 11 is 0. The van der Waals surface area contributed by atoms with Gasteiger partial charge >= 0.3 is 11.9 Å². The zero-order chi connectivity index (χ0) is 15.2. The molecular formula is C15H20O5. The van der Waals surface area contributed by atoms with E-state index in [0.29, 0.717) is 0 Å². The highest BCUT2D eigenvalue weighted by molar-refractivity contribution is 5.73. The van der Waals surface area contributed by atoms with Crippen molar-refractivity contribution in [3.8, 4) is 0 Å². The van der Waals surface area contributed by atoms with Crippen molar-refractivity contribution in [3.63, 3.8) is 0 Å². The average molecular weight is 280 g/mol. The lowest BCUT2D eigenvalue weighted by Crippen LogP contribution is -2.42. The molecule has 0 aliphatic rings. The minimum absolute atomic E-state index is 0.00586. The molecule has 0 aliphatic heterocycles. The molecule has 0 saturated heterocycles. The second-order valence-electron chi connectivity index (χ2n) is 5.28. The Labute approximate surface area is 118 Å². The zero-order valence-corrected chi connectivity index (χ0v) is 12.0. The van der Waals surface area contributed by atoms with E-state index in [4.69, 9.17) is 9.47 Å². The van der Waals surface area contributed by atoms with Crippen molar-refractivity contribution < 1.29 is 24.2 Å². The van der Waals surface area contributed by atoms with Gasteiger partial charge in [-0.3, -0.25) is 4.79 Å². The van der Waals surface area contributed by atoms with E-state index in [2.05, 4.69) is 0 Å². The summed E-state index contributed by atoms with van der Waals surface area (Å²) in [6, 6.07) is 9.32. The van der Waals surface area contributed by atoms with Gasteiger partial charge in [-0.15, -0.1) is 0 Å². The van der Waals surface area contributed by atoms with Gasteiger partial charge in [0.15, 0.2) is 6.10 Å². The molecule has 0 radical (unpaired) electrons.